The van der Waals surface area contributed by atoms with Crippen LogP contribution in [0.3, 0.4) is 0 Å². The molecule has 0 heterocycles. The SMILES string of the molecule is COCC(O)CNCC(O)C(C)C. The third kappa shape index (κ3) is 6.95. The van der Waals surface area contributed by atoms with E-state index in [0.29, 0.717) is 19.7 Å². The summed E-state index contributed by atoms with van der Waals surface area (Å²) in [6.45, 7) is 5.21. The molecule has 0 fully saturated rings. The molecule has 0 rings (SSSR count). The molecule has 3 N–H and O–H groups in total. The lowest BCUT2D eigenvalue weighted by Crippen LogP contribution is -2.36. The zero-order valence-corrected chi connectivity index (χ0v) is 8.66. The van der Waals surface area contributed by atoms with Crippen molar-refractivity contribution >= 4 is 0 Å². The van der Waals surface area contributed by atoms with Gasteiger partial charge in [0.15, 0.2) is 0 Å². The summed E-state index contributed by atoms with van der Waals surface area (Å²) in [6.07, 6.45) is -0.848. The van der Waals surface area contributed by atoms with E-state index >= 15 is 0 Å². The van der Waals surface area contributed by atoms with Crippen LogP contribution in [0.2, 0.25) is 0 Å². The van der Waals surface area contributed by atoms with Crippen molar-refractivity contribution in [2.75, 3.05) is 26.8 Å². The van der Waals surface area contributed by atoms with Gasteiger partial charge in [0.1, 0.15) is 0 Å². The van der Waals surface area contributed by atoms with Gasteiger partial charge in [0.25, 0.3) is 0 Å². The molecule has 2 atom stereocenters. The first-order chi connectivity index (χ1) is 6.07. The highest BCUT2D eigenvalue weighted by Crippen LogP contribution is 1.98. The van der Waals surface area contributed by atoms with Crippen LogP contribution in [0.1, 0.15) is 13.8 Å². The number of aliphatic hydroxyl groups excluding tert-OH is 2. The lowest BCUT2D eigenvalue weighted by molar-refractivity contribution is 0.0590. The van der Waals surface area contributed by atoms with Crippen molar-refractivity contribution in [1.29, 1.82) is 0 Å². The van der Waals surface area contributed by atoms with Crippen molar-refractivity contribution in [3.8, 4) is 0 Å². The average molecular weight is 191 g/mol. The summed E-state index contributed by atoms with van der Waals surface area (Å²) in [7, 11) is 1.55. The van der Waals surface area contributed by atoms with Crippen molar-refractivity contribution in [3.05, 3.63) is 0 Å². The molecule has 0 bridgehead atoms. The summed E-state index contributed by atoms with van der Waals surface area (Å²) in [5.41, 5.74) is 0. The summed E-state index contributed by atoms with van der Waals surface area (Å²) >= 11 is 0. The highest BCUT2D eigenvalue weighted by Gasteiger charge is 2.09. The number of aliphatic hydroxyl groups is 2. The Labute approximate surface area is 79.9 Å². The minimum atomic E-state index is -0.496. The molecule has 0 spiro atoms. The predicted octanol–water partition coefficient (Wildman–Crippen LogP) is -0.400. The molecule has 80 valence electrons. The zero-order chi connectivity index (χ0) is 10.3. The Morgan fingerprint density at radius 1 is 1.23 bits per heavy atom. The first-order valence-electron chi connectivity index (χ1n) is 4.63. The molecule has 0 aliphatic rings. The normalized spacial score (nSPS) is 16.2. The predicted molar refractivity (Wildman–Crippen MR) is 51.6 cm³/mol. The molecule has 0 aliphatic heterocycles. The molecule has 0 radical (unpaired) electrons. The largest absolute Gasteiger partial charge is 0.392 e. The van der Waals surface area contributed by atoms with E-state index in [1.54, 1.807) is 7.11 Å². The van der Waals surface area contributed by atoms with Crippen molar-refractivity contribution in [1.82, 2.24) is 5.32 Å². The van der Waals surface area contributed by atoms with Crippen molar-refractivity contribution < 1.29 is 14.9 Å². The van der Waals surface area contributed by atoms with Gasteiger partial charge in [-0.05, 0) is 5.92 Å². The molecule has 13 heavy (non-hydrogen) atoms. The van der Waals surface area contributed by atoms with Crippen LogP contribution in [0.15, 0.2) is 0 Å². The molecule has 4 nitrogen and oxygen atoms in total. The Kier molecular flexibility index (Phi) is 7.17. The molecule has 2 unspecified atom stereocenters. The summed E-state index contributed by atoms with van der Waals surface area (Å²) in [5.74, 6) is 0.243. The van der Waals surface area contributed by atoms with Crippen molar-refractivity contribution in [2.24, 2.45) is 5.92 Å². The number of rotatable bonds is 7. The van der Waals surface area contributed by atoms with E-state index in [-0.39, 0.29) is 12.0 Å². The highest BCUT2D eigenvalue weighted by molar-refractivity contribution is 4.65. The van der Waals surface area contributed by atoms with E-state index in [1.807, 2.05) is 13.8 Å². The van der Waals surface area contributed by atoms with E-state index in [1.165, 1.54) is 0 Å². The standard InChI is InChI=1S/C9H21NO3/c1-7(2)9(12)5-10-4-8(11)6-13-3/h7-12H,4-6H2,1-3H3. The molecule has 4 heteroatoms. The average Bonchev–Trinajstić information content (AvgIpc) is 2.04. The topological polar surface area (TPSA) is 61.7 Å². The van der Waals surface area contributed by atoms with E-state index in [2.05, 4.69) is 5.32 Å². The third-order valence-corrected chi connectivity index (χ3v) is 1.86. The van der Waals surface area contributed by atoms with E-state index in [4.69, 9.17) is 4.74 Å². The van der Waals surface area contributed by atoms with Crippen LogP contribution in [-0.4, -0.2) is 49.2 Å². The Balaban J connectivity index is 3.33. The van der Waals surface area contributed by atoms with Crippen molar-refractivity contribution in [3.63, 3.8) is 0 Å². The Bertz CT molecular complexity index is 119. The molecule has 0 aromatic heterocycles. The highest BCUT2D eigenvalue weighted by atomic mass is 16.5. The smallest absolute Gasteiger partial charge is 0.0897 e. The van der Waals surface area contributed by atoms with Gasteiger partial charge < -0.3 is 20.3 Å². The van der Waals surface area contributed by atoms with Crippen LogP contribution >= 0.6 is 0 Å². The van der Waals surface area contributed by atoms with Crippen LogP contribution in [0.25, 0.3) is 0 Å². The van der Waals surface area contributed by atoms with Gasteiger partial charge in [-0.1, -0.05) is 13.8 Å². The lowest BCUT2D eigenvalue weighted by Gasteiger charge is -2.16. The lowest BCUT2D eigenvalue weighted by atomic mass is 10.1. The maximum absolute atomic E-state index is 9.39. The van der Waals surface area contributed by atoms with Crippen LogP contribution in [0, 0.1) is 5.92 Å². The van der Waals surface area contributed by atoms with Gasteiger partial charge in [0.05, 0.1) is 18.8 Å². The Morgan fingerprint density at radius 3 is 2.31 bits per heavy atom. The van der Waals surface area contributed by atoms with Gasteiger partial charge in [0.2, 0.25) is 0 Å². The van der Waals surface area contributed by atoms with Gasteiger partial charge >= 0.3 is 0 Å². The number of methoxy groups -OCH3 is 1. The summed E-state index contributed by atoms with van der Waals surface area (Å²) in [4.78, 5) is 0. The summed E-state index contributed by atoms with van der Waals surface area (Å²) in [6, 6.07) is 0. The second kappa shape index (κ2) is 7.26. The fourth-order valence-electron chi connectivity index (χ4n) is 0.885. The molecule has 0 aliphatic carbocycles. The van der Waals surface area contributed by atoms with Crippen LogP contribution < -0.4 is 5.32 Å². The van der Waals surface area contributed by atoms with Crippen LogP contribution in [0.5, 0.6) is 0 Å². The summed E-state index contributed by atoms with van der Waals surface area (Å²) in [5, 5.41) is 21.6. The van der Waals surface area contributed by atoms with Gasteiger partial charge in [0, 0.05) is 20.2 Å². The van der Waals surface area contributed by atoms with E-state index < -0.39 is 6.10 Å². The van der Waals surface area contributed by atoms with Gasteiger partial charge in [-0.15, -0.1) is 0 Å². The molecule has 0 saturated heterocycles. The molecule has 0 aromatic rings. The second-order valence-corrected chi connectivity index (χ2v) is 3.58. The third-order valence-electron chi connectivity index (χ3n) is 1.86. The number of hydrogen-bond acceptors (Lipinski definition) is 4. The molecular weight excluding hydrogens is 170 g/mol. The van der Waals surface area contributed by atoms with Crippen molar-refractivity contribution in [2.45, 2.75) is 26.1 Å². The Morgan fingerprint density at radius 2 is 1.85 bits per heavy atom. The number of ether oxygens (including phenoxy) is 1. The first-order valence-corrected chi connectivity index (χ1v) is 4.63. The van der Waals surface area contributed by atoms with E-state index in [0.717, 1.165) is 0 Å². The fraction of sp³-hybridized carbons (Fsp3) is 1.00. The second-order valence-electron chi connectivity index (χ2n) is 3.58. The van der Waals surface area contributed by atoms with Gasteiger partial charge in [-0.2, -0.15) is 0 Å². The monoisotopic (exact) mass is 191 g/mol. The first kappa shape index (κ1) is 12.8. The van der Waals surface area contributed by atoms with Gasteiger partial charge in [-0.25, -0.2) is 0 Å². The number of hydrogen-bond donors (Lipinski definition) is 3. The minimum absolute atomic E-state index is 0.243. The quantitative estimate of drug-likeness (QED) is 0.512. The van der Waals surface area contributed by atoms with Crippen LogP contribution in [-0.2, 0) is 4.74 Å². The molecule has 0 amide bonds. The van der Waals surface area contributed by atoms with Gasteiger partial charge in [-0.3, -0.25) is 0 Å². The van der Waals surface area contributed by atoms with Crippen LogP contribution in [0.4, 0.5) is 0 Å². The maximum Gasteiger partial charge on any atom is 0.0897 e. The zero-order valence-electron chi connectivity index (χ0n) is 8.66. The molecule has 0 saturated carbocycles. The van der Waals surface area contributed by atoms with E-state index in [9.17, 15) is 10.2 Å². The molecule has 0 aromatic carbocycles. The maximum atomic E-state index is 9.39. The molecular formula is C9H21NO3. The fourth-order valence-corrected chi connectivity index (χ4v) is 0.885. The number of nitrogens with one attached hydrogen (secondary N) is 1. The Hall–Kier alpha value is -0.160. The summed E-state index contributed by atoms with van der Waals surface area (Å²) < 4.78 is 4.76. The minimum Gasteiger partial charge on any atom is -0.392 e.